The monoisotopic (exact) mass is 300 g/mol. The van der Waals surface area contributed by atoms with E-state index in [1.165, 1.54) is 7.11 Å². The summed E-state index contributed by atoms with van der Waals surface area (Å²) in [5.41, 5.74) is 0. The molecule has 0 saturated carbocycles. The van der Waals surface area contributed by atoms with Gasteiger partial charge in [-0.15, -0.1) is 0 Å². The van der Waals surface area contributed by atoms with Crippen LogP contribution in [0, 0.1) is 11.8 Å². The molecule has 2 unspecified atom stereocenters. The maximum absolute atomic E-state index is 12.1. The number of carbonyl (C=O) groups excluding carboxylic acids is 2. The van der Waals surface area contributed by atoms with Gasteiger partial charge in [-0.1, -0.05) is 0 Å². The number of urea groups is 1. The van der Waals surface area contributed by atoms with E-state index in [-0.39, 0.29) is 31.1 Å². The van der Waals surface area contributed by atoms with Crippen LogP contribution in [0.2, 0.25) is 0 Å². The van der Waals surface area contributed by atoms with Gasteiger partial charge in [0.05, 0.1) is 32.3 Å². The Morgan fingerprint density at radius 2 is 1.90 bits per heavy atom. The van der Waals surface area contributed by atoms with Crippen LogP contribution >= 0.6 is 0 Å². The first-order valence-corrected chi connectivity index (χ1v) is 6.96. The number of likely N-dealkylation sites (tertiary alicyclic amines) is 1. The Labute approximate surface area is 122 Å². The molecule has 8 nitrogen and oxygen atoms in total. The minimum Gasteiger partial charge on any atom is -0.481 e. The summed E-state index contributed by atoms with van der Waals surface area (Å²) >= 11 is 0. The Bertz CT molecular complexity index is 419. The van der Waals surface area contributed by atoms with Crippen molar-refractivity contribution in [3.05, 3.63) is 0 Å². The molecule has 118 valence electrons. The quantitative estimate of drug-likeness (QED) is 0.692. The maximum Gasteiger partial charge on any atom is 0.317 e. The number of carboxylic acids is 1. The molecule has 0 spiro atoms. The number of esters is 1. The van der Waals surface area contributed by atoms with E-state index in [0.29, 0.717) is 25.9 Å². The van der Waals surface area contributed by atoms with E-state index >= 15 is 0 Å². The first-order chi connectivity index (χ1) is 10.0. The number of piperidine rings is 1. The van der Waals surface area contributed by atoms with Crippen LogP contribution in [0.15, 0.2) is 0 Å². The number of hydrogen-bond donors (Lipinski definition) is 2. The van der Waals surface area contributed by atoms with Gasteiger partial charge in [-0.05, 0) is 12.8 Å². The van der Waals surface area contributed by atoms with Crippen LogP contribution in [0.4, 0.5) is 4.79 Å². The summed E-state index contributed by atoms with van der Waals surface area (Å²) in [6, 6.07) is -0.812. The molecule has 0 aliphatic carbocycles. The summed E-state index contributed by atoms with van der Waals surface area (Å²) in [5.74, 6) is -2.09. The molecule has 2 heterocycles. The number of hydrogen-bond acceptors (Lipinski definition) is 5. The number of rotatable bonds is 3. The largest absolute Gasteiger partial charge is 0.481 e. The van der Waals surface area contributed by atoms with Gasteiger partial charge in [0, 0.05) is 13.1 Å². The summed E-state index contributed by atoms with van der Waals surface area (Å²) < 4.78 is 9.80. The van der Waals surface area contributed by atoms with Crippen LogP contribution in [0.1, 0.15) is 12.8 Å². The van der Waals surface area contributed by atoms with Crippen LogP contribution < -0.4 is 5.32 Å². The van der Waals surface area contributed by atoms with Crippen molar-refractivity contribution >= 4 is 18.0 Å². The average molecular weight is 300 g/mol. The number of nitrogens with one attached hydrogen (secondary N) is 1. The van der Waals surface area contributed by atoms with Crippen LogP contribution in [0.25, 0.3) is 0 Å². The second-order valence-electron chi connectivity index (χ2n) is 5.32. The molecule has 21 heavy (non-hydrogen) atoms. The fourth-order valence-corrected chi connectivity index (χ4v) is 2.67. The Balaban J connectivity index is 1.82. The number of methoxy groups -OCH3 is 1. The molecule has 2 aliphatic rings. The predicted octanol–water partition coefficient (Wildman–Crippen LogP) is -0.319. The van der Waals surface area contributed by atoms with Gasteiger partial charge in [-0.25, -0.2) is 4.79 Å². The highest BCUT2D eigenvalue weighted by Crippen LogP contribution is 2.19. The third kappa shape index (κ3) is 3.63. The molecular weight excluding hydrogens is 280 g/mol. The molecule has 2 aliphatic heterocycles. The first kappa shape index (κ1) is 15.6. The molecular formula is C13H20N2O6. The smallest absolute Gasteiger partial charge is 0.317 e. The van der Waals surface area contributed by atoms with E-state index in [1.807, 2.05) is 0 Å². The molecule has 0 aromatic rings. The molecule has 0 bridgehead atoms. The Hall–Kier alpha value is -1.83. The molecule has 2 fully saturated rings. The van der Waals surface area contributed by atoms with Crippen molar-refractivity contribution in [2.45, 2.75) is 18.9 Å². The summed E-state index contributed by atoms with van der Waals surface area (Å²) in [5, 5.41) is 11.7. The lowest BCUT2D eigenvalue weighted by Crippen LogP contribution is -2.51. The van der Waals surface area contributed by atoms with Crippen molar-refractivity contribution in [1.29, 1.82) is 0 Å². The van der Waals surface area contributed by atoms with Gasteiger partial charge in [0.25, 0.3) is 0 Å². The maximum atomic E-state index is 12.1. The van der Waals surface area contributed by atoms with Gasteiger partial charge in [-0.2, -0.15) is 0 Å². The summed E-state index contributed by atoms with van der Waals surface area (Å²) in [7, 11) is 1.35. The number of ether oxygens (including phenoxy) is 2. The molecule has 2 rings (SSSR count). The highest BCUT2D eigenvalue weighted by atomic mass is 16.5. The SMILES string of the molecule is COC(=O)C1CCN(C(=O)NC2COCC2C(=O)O)CC1. The zero-order chi connectivity index (χ0) is 15.4. The van der Waals surface area contributed by atoms with E-state index in [1.54, 1.807) is 4.90 Å². The molecule has 0 aromatic carbocycles. The highest BCUT2D eigenvalue weighted by Gasteiger charge is 2.36. The van der Waals surface area contributed by atoms with Crippen molar-refractivity contribution in [2.24, 2.45) is 11.8 Å². The molecule has 2 amide bonds. The van der Waals surface area contributed by atoms with Crippen molar-refractivity contribution in [3.8, 4) is 0 Å². The minimum atomic E-state index is -0.970. The van der Waals surface area contributed by atoms with E-state index in [2.05, 4.69) is 5.32 Å². The van der Waals surface area contributed by atoms with Gasteiger partial charge in [-0.3, -0.25) is 9.59 Å². The van der Waals surface area contributed by atoms with Crippen LogP contribution in [-0.4, -0.2) is 67.4 Å². The standard InChI is InChI=1S/C13H20N2O6/c1-20-12(18)8-2-4-15(5-3-8)13(19)14-10-7-21-6-9(10)11(16)17/h8-10H,2-7H2,1H3,(H,14,19)(H,16,17). The second kappa shape index (κ2) is 6.75. The normalized spacial score (nSPS) is 26.4. The summed E-state index contributed by atoms with van der Waals surface area (Å²) in [6.07, 6.45) is 1.12. The van der Waals surface area contributed by atoms with Gasteiger partial charge >= 0.3 is 18.0 Å². The van der Waals surface area contributed by atoms with Crippen LogP contribution in [-0.2, 0) is 19.1 Å². The van der Waals surface area contributed by atoms with Gasteiger partial charge in [0.15, 0.2) is 0 Å². The molecule has 2 atom stereocenters. The lowest BCUT2D eigenvalue weighted by Gasteiger charge is -2.31. The number of carboxylic acid groups (broad SMARTS) is 1. The zero-order valence-corrected chi connectivity index (χ0v) is 11.9. The second-order valence-corrected chi connectivity index (χ2v) is 5.32. The molecule has 2 saturated heterocycles. The third-order valence-corrected chi connectivity index (χ3v) is 4.02. The molecule has 0 radical (unpaired) electrons. The summed E-state index contributed by atoms with van der Waals surface area (Å²) in [6.45, 7) is 1.24. The van der Waals surface area contributed by atoms with Crippen molar-refractivity contribution in [1.82, 2.24) is 10.2 Å². The fourth-order valence-electron chi connectivity index (χ4n) is 2.67. The van der Waals surface area contributed by atoms with Crippen LogP contribution in [0.5, 0.6) is 0 Å². The first-order valence-electron chi connectivity index (χ1n) is 6.96. The van der Waals surface area contributed by atoms with Gasteiger partial charge < -0.3 is 24.8 Å². The number of aliphatic carboxylic acids is 1. The van der Waals surface area contributed by atoms with Gasteiger partial charge in [0.2, 0.25) is 0 Å². The van der Waals surface area contributed by atoms with E-state index in [4.69, 9.17) is 14.6 Å². The summed E-state index contributed by atoms with van der Waals surface area (Å²) in [4.78, 5) is 36.2. The van der Waals surface area contributed by atoms with E-state index in [9.17, 15) is 14.4 Å². The van der Waals surface area contributed by atoms with E-state index < -0.39 is 17.9 Å². The molecule has 2 N–H and O–H groups in total. The predicted molar refractivity (Wildman–Crippen MR) is 70.6 cm³/mol. The molecule has 8 heteroatoms. The average Bonchev–Trinajstić information content (AvgIpc) is 2.95. The van der Waals surface area contributed by atoms with Crippen LogP contribution in [0.3, 0.4) is 0 Å². The Kier molecular flexibility index (Phi) is 5.00. The highest BCUT2D eigenvalue weighted by molar-refractivity contribution is 5.78. The van der Waals surface area contributed by atoms with Gasteiger partial charge in [0.1, 0.15) is 5.92 Å². The van der Waals surface area contributed by atoms with Crippen molar-refractivity contribution < 1.29 is 29.0 Å². The Morgan fingerprint density at radius 1 is 1.24 bits per heavy atom. The number of nitrogens with zero attached hydrogens (tertiary/aromatic N) is 1. The van der Waals surface area contributed by atoms with Crippen molar-refractivity contribution in [2.75, 3.05) is 33.4 Å². The van der Waals surface area contributed by atoms with E-state index in [0.717, 1.165) is 0 Å². The minimum absolute atomic E-state index is 0.116. The fraction of sp³-hybridized carbons (Fsp3) is 0.769. The molecule has 0 aromatic heterocycles. The van der Waals surface area contributed by atoms with Crippen molar-refractivity contribution in [3.63, 3.8) is 0 Å². The number of carbonyl (C=O) groups is 3. The Morgan fingerprint density at radius 3 is 2.48 bits per heavy atom. The third-order valence-electron chi connectivity index (χ3n) is 4.02. The lowest BCUT2D eigenvalue weighted by atomic mass is 9.97. The number of amides is 2. The lowest BCUT2D eigenvalue weighted by molar-refractivity contribution is -0.147. The topological polar surface area (TPSA) is 105 Å². The zero-order valence-electron chi connectivity index (χ0n) is 11.9.